The van der Waals surface area contributed by atoms with Crippen LogP contribution in [0, 0.1) is 11.8 Å². The average molecular weight is 328 g/mol. The molecular formula is C17H32N2O4. The Balaban J connectivity index is 1.50. The minimum Gasteiger partial charge on any atom is -0.395 e. The van der Waals surface area contributed by atoms with E-state index in [-0.39, 0.29) is 6.61 Å². The zero-order chi connectivity index (χ0) is 16.6. The summed E-state index contributed by atoms with van der Waals surface area (Å²) in [7, 11) is 0. The van der Waals surface area contributed by atoms with Gasteiger partial charge in [-0.2, -0.15) is 0 Å². The molecule has 0 radical (unpaired) electrons. The van der Waals surface area contributed by atoms with Crippen molar-refractivity contribution < 1.29 is 20.4 Å². The van der Waals surface area contributed by atoms with Crippen molar-refractivity contribution in [3.8, 4) is 0 Å². The lowest BCUT2D eigenvalue weighted by Crippen LogP contribution is -2.65. The van der Waals surface area contributed by atoms with Crippen molar-refractivity contribution in [3.63, 3.8) is 0 Å². The lowest BCUT2D eigenvalue weighted by atomic mass is 9.81. The lowest BCUT2D eigenvalue weighted by Gasteiger charge is -2.51. The topological polar surface area (TPSA) is 87.4 Å². The van der Waals surface area contributed by atoms with Crippen LogP contribution in [-0.2, 0) is 0 Å². The van der Waals surface area contributed by atoms with Crippen LogP contribution in [0.15, 0.2) is 0 Å². The van der Waals surface area contributed by atoms with Crippen LogP contribution in [0.3, 0.4) is 0 Å². The van der Waals surface area contributed by atoms with E-state index < -0.39 is 24.4 Å². The molecule has 0 amide bonds. The van der Waals surface area contributed by atoms with Crippen LogP contribution < -0.4 is 0 Å². The summed E-state index contributed by atoms with van der Waals surface area (Å²) in [4.78, 5) is 4.53. The maximum absolute atomic E-state index is 10.1. The van der Waals surface area contributed by atoms with Gasteiger partial charge in [0.1, 0.15) is 12.2 Å². The van der Waals surface area contributed by atoms with Gasteiger partial charge in [-0.1, -0.05) is 19.8 Å². The number of hydrogen-bond donors (Lipinski definition) is 4. The molecule has 6 nitrogen and oxygen atoms in total. The zero-order valence-electron chi connectivity index (χ0n) is 14.1. The normalized spacial score (nSPS) is 44.2. The standard InChI is InChI=1S/C17H32N2O4/c1-11-4-2-3-5-13(11)18-6-12(7-18)8-19-9-15(21)17(23)16(22)14(19)10-20/h11-17,20-23H,2-10H2,1H3/t11-,13+,14-,15+,16-,17-/m1/s1. The van der Waals surface area contributed by atoms with Crippen LogP contribution >= 0.6 is 0 Å². The van der Waals surface area contributed by atoms with E-state index >= 15 is 0 Å². The molecule has 0 bridgehead atoms. The first-order valence-corrected chi connectivity index (χ1v) is 9.14. The molecule has 0 spiro atoms. The first-order chi connectivity index (χ1) is 11.0. The number of nitrogens with zero attached hydrogens (tertiary/aromatic N) is 2. The molecule has 23 heavy (non-hydrogen) atoms. The maximum atomic E-state index is 10.1. The molecule has 3 fully saturated rings. The molecule has 6 heteroatoms. The van der Waals surface area contributed by atoms with E-state index in [1.54, 1.807) is 0 Å². The third-order valence-electron chi connectivity index (χ3n) is 6.23. The first-order valence-electron chi connectivity index (χ1n) is 9.14. The Morgan fingerprint density at radius 1 is 0.957 bits per heavy atom. The highest BCUT2D eigenvalue weighted by atomic mass is 16.4. The molecule has 2 aliphatic heterocycles. The molecule has 2 heterocycles. The number of β-amino-alcohol motifs (C(OH)–C–C–N with tert-alkyl or cyclic N) is 1. The number of hydrogen-bond acceptors (Lipinski definition) is 6. The molecule has 1 saturated carbocycles. The van der Waals surface area contributed by atoms with Crippen molar-refractivity contribution >= 4 is 0 Å². The Hall–Kier alpha value is -0.240. The lowest BCUT2D eigenvalue weighted by molar-refractivity contribution is -0.151. The monoisotopic (exact) mass is 328 g/mol. The highest BCUT2D eigenvalue weighted by Gasteiger charge is 2.43. The zero-order valence-corrected chi connectivity index (χ0v) is 14.1. The Kier molecular flexibility index (Phi) is 5.61. The highest BCUT2D eigenvalue weighted by molar-refractivity contribution is 4.97. The summed E-state index contributed by atoms with van der Waals surface area (Å²) >= 11 is 0. The maximum Gasteiger partial charge on any atom is 0.109 e. The predicted molar refractivity (Wildman–Crippen MR) is 87.0 cm³/mol. The summed E-state index contributed by atoms with van der Waals surface area (Å²) in [6, 6.07) is 0.240. The minimum atomic E-state index is -1.16. The van der Waals surface area contributed by atoms with Crippen LogP contribution in [0.2, 0.25) is 0 Å². The second-order valence-electron chi connectivity index (χ2n) is 7.90. The Bertz CT molecular complexity index is 391. The van der Waals surface area contributed by atoms with Crippen molar-refractivity contribution in [2.45, 2.75) is 63.0 Å². The summed E-state index contributed by atoms with van der Waals surface area (Å²) < 4.78 is 0. The van der Waals surface area contributed by atoms with E-state index in [0.29, 0.717) is 18.5 Å². The van der Waals surface area contributed by atoms with Gasteiger partial charge >= 0.3 is 0 Å². The summed E-state index contributed by atoms with van der Waals surface area (Å²) in [5.41, 5.74) is 0. The Labute approximate surface area is 138 Å². The number of aliphatic hydroxyl groups excluding tert-OH is 4. The third-order valence-corrected chi connectivity index (χ3v) is 6.23. The predicted octanol–water partition coefficient (Wildman–Crippen LogP) is -0.744. The molecule has 0 aromatic heterocycles. The van der Waals surface area contributed by atoms with Crippen LogP contribution in [0.25, 0.3) is 0 Å². The summed E-state index contributed by atoms with van der Waals surface area (Å²) in [6.07, 6.45) is 2.15. The van der Waals surface area contributed by atoms with Gasteiger partial charge in [0, 0.05) is 32.2 Å². The van der Waals surface area contributed by atoms with Crippen molar-refractivity contribution in [1.82, 2.24) is 9.80 Å². The fourth-order valence-corrected chi connectivity index (χ4v) is 4.76. The first kappa shape index (κ1) is 17.6. The quantitative estimate of drug-likeness (QED) is 0.544. The Morgan fingerprint density at radius 2 is 1.65 bits per heavy atom. The second kappa shape index (κ2) is 7.33. The molecule has 0 aromatic rings. The molecule has 0 unspecified atom stereocenters. The van der Waals surface area contributed by atoms with Gasteiger partial charge in [-0.25, -0.2) is 0 Å². The SMILES string of the molecule is C[C@@H]1CCCC[C@@H]1N1CC(CN2C[C@H](O)[C@@H](O)[C@H](O)[C@H]2CO)C1. The number of piperidine rings is 1. The summed E-state index contributed by atoms with van der Waals surface area (Å²) in [5, 5.41) is 39.2. The molecule has 0 aromatic carbocycles. The van der Waals surface area contributed by atoms with Gasteiger partial charge in [0.25, 0.3) is 0 Å². The molecule has 2 saturated heterocycles. The van der Waals surface area contributed by atoms with Gasteiger partial charge in [-0.3, -0.25) is 9.80 Å². The molecule has 134 valence electrons. The summed E-state index contributed by atoms with van der Waals surface area (Å²) in [5.74, 6) is 1.30. The van der Waals surface area contributed by atoms with Crippen molar-refractivity contribution in [3.05, 3.63) is 0 Å². The average Bonchev–Trinajstić information content (AvgIpc) is 2.49. The molecule has 4 N–H and O–H groups in total. The van der Waals surface area contributed by atoms with Crippen molar-refractivity contribution in [1.29, 1.82) is 0 Å². The van der Waals surface area contributed by atoms with Gasteiger partial charge in [0.2, 0.25) is 0 Å². The fourth-order valence-electron chi connectivity index (χ4n) is 4.76. The molecule has 1 aliphatic carbocycles. The molecule has 3 aliphatic rings. The highest BCUT2D eigenvalue weighted by Crippen LogP contribution is 2.33. The largest absolute Gasteiger partial charge is 0.395 e. The third kappa shape index (κ3) is 3.57. The van der Waals surface area contributed by atoms with Crippen molar-refractivity contribution in [2.24, 2.45) is 11.8 Å². The van der Waals surface area contributed by atoms with Gasteiger partial charge < -0.3 is 20.4 Å². The van der Waals surface area contributed by atoms with Crippen molar-refractivity contribution in [2.75, 3.05) is 32.8 Å². The number of aliphatic hydroxyl groups is 4. The van der Waals surface area contributed by atoms with Gasteiger partial charge in [-0.05, 0) is 24.7 Å². The van der Waals surface area contributed by atoms with E-state index in [9.17, 15) is 20.4 Å². The van der Waals surface area contributed by atoms with Crippen LogP contribution in [0.1, 0.15) is 32.6 Å². The molecule has 6 atom stereocenters. The number of rotatable bonds is 4. The van der Waals surface area contributed by atoms with Gasteiger partial charge in [-0.15, -0.1) is 0 Å². The van der Waals surface area contributed by atoms with E-state index in [1.165, 1.54) is 25.7 Å². The minimum absolute atomic E-state index is 0.193. The van der Waals surface area contributed by atoms with E-state index in [2.05, 4.69) is 11.8 Å². The van der Waals surface area contributed by atoms with Crippen LogP contribution in [0.4, 0.5) is 0 Å². The number of likely N-dealkylation sites (tertiary alicyclic amines) is 2. The van der Waals surface area contributed by atoms with E-state index in [4.69, 9.17) is 0 Å². The molecular weight excluding hydrogens is 296 g/mol. The van der Waals surface area contributed by atoms with Crippen LogP contribution in [-0.4, -0.2) is 93.4 Å². The van der Waals surface area contributed by atoms with E-state index in [1.807, 2.05) is 4.90 Å². The molecule has 3 rings (SSSR count). The van der Waals surface area contributed by atoms with Gasteiger partial charge in [0.15, 0.2) is 0 Å². The fraction of sp³-hybridized carbons (Fsp3) is 1.00. The Morgan fingerprint density at radius 3 is 2.30 bits per heavy atom. The smallest absolute Gasteiger partial charge is 0.109 e. The van der Waals surface area contributed by atoms with E-state index in [0.717, 1.165) is 25.6 Å². The van der Waals surface area contributed by atoms with Crippen LogP contribution in [0.5, 0.6) is 0 Å². The second-order valence-corrected chi connectivity index (χ2v) is 7.90. The summed E-state index contributed by atoms with van der Waals surface area (Å²) in [6.45, 7) is 5.39. The van der Waals surface area contributed by atoms with Gasteiger partial charge in [0.05, 0.1) is 18.8 Å².